The molecule has 0 aliphatic heterocycles. The SMILES string of the molecule is CC(c1ccccc1)N(C)C(=O)CSc1ncnc2ccsc12. The largest absolute Gasteiger partial charge is 0.338 e. The molecule has 0 aliphatic rings. The third-order valence-corrected chi connectivity index (χ3v) is 5.81. The highest BCUT2D eigenvalue weighted by Gasteiger charge is 2.18. The summed E-state index contributed by atoms with van der Waals surface area (Å²) in [6, 6.07) is 12.1. The predicted molar refractivity (Wildman–Crippen MR) is 95.8 cm³/mol. The molecule has 4 nitrogen and oxygen atoms in total. The van der Waals surface area contributed by atoms with Crippen molar-refractivity contribution in [3.8, 4) is 0 Å². The summed E-state index contributed by atoms with van der Waals surface area (Å²) in [6.07, 6.45) is 1.55. The van der Waals surface area contributed by atoms with E-state index in [9.17, 15) is 4.79 Å². The van der Waals surface area contributed by atoms with Crippen molar-refractivity contribution in [2.75, 3.05) is 12.8 Å². The molecule has 2 aromatic heterocycles. The van der Waals surface area contributed by atoms with Gasteiger partial charge in [0.2, 0.25) is 5.91 Å². The maximum Gasteiger partial charge on any atom is 0.233 e. The van der Waals surface area contributed by atoms with Gasteiger partial charge in [-0.25, -0.2) is 9.97 Å². The van der Waals surface area contributed by atoms with Gasteiger partial charge >= 0.3 is 0 Å². The van der Waals surface area contributed by atoms with Gasteiger partial charge in [0, 0.05) is 7.05 Å². The monoisotopic (exact) mass is 343 g/mol. The van der Waals surface area contributed by atoms with Crippen molar-refractivity contribution < 1.29 is 4.79 Å². The van der Waals surface area contributed by atoms with Crippen LogP contribution < -0.4 is 0 Å². The number of amides is 1. The fraction of sp³-hybridized carbons (Fsp3) is 0.235. The number of carbonyl (C=O) groups is 1. The minimum atomic E-state index is 0.0523. The Morgan fingerprint density at radius 3 is 2.83 bits per heavy atom. The average molecular weight is 343 g/mol. The molecule has 0 spiro atoms. The quantitative estimate of drug-likeness (QED) is 0.519. The summed E-state index contributed by atoms with van der Waals surface area (Å²) in [5, 5.41) is 2.87. The van der Waals surface area contributed by atoms with Crippen LogP contribution in [0.15, 0.2) is 53.1 Å². The number of benzene rings is 1. The molecule has 0 aliphatic carbocycles. The zero-order chi connectivity index (χ0) is 16.2. The lowest BCUT2D eigenvalue weighted by atomic mass is 10.1. The summed E-state index contributed by atoms with van der Waals surface area (Å²) in [6.45, 7) is 2.04. The molecule has 3 rings (SSSR count). The number of rotatable bonds is 5. The Kier molecular flexibility index (Phi) is 4.93. The highest BCUT2D eigenvalue weighted by Crippen LogP contribution is 2.29. The molecular weight excluding hydrogens is 326 g/mol. The molecule has 1 atom stereocenters. The van der Waals surface area contributed by atoms with Crippen LogP contribution in [0.1, 0.15) is 18.5 Å². The molecule has 0 fully saturated rings. The Labute approximate surface area is 143 Å². The first kappa shape index (κ1) is 16.0. The van der Waals surface area contributed by atoms with Gasteiger partial charge in [-0.2, -0.15) is 0 Å². The molecule has 1 amide bonds. The van der Waals surface area contributed by atoms with Gasteiger partial charge in [-0.05, 0) is 23.9 Å². The normalized spacial score (nSPS) is 12.3. The number of carbonyl (C=O) groups excluding carboxylic acids is 1. The van der Waals surface area contributed by atoms with Gasteiger partial charge in [0.05, 0.1) is 22.0 Å². The van der Waals surface area contributed by atoms with Crippen molar-refractivity contribution in [1.82, 2.24) is 14.9 Å². The third-order valence-electron chi connectivity index (χ3n) is 3.80. The molecule has 3 aromatic rings. The molecule has 0 saturated heterocycles. The van der Waals surface area contributed by atoms with Gasteiger partial charge in [0.1, 0.15) is 11.4 Å². The van der Waals surface area contributed by atoms with E-state index in [2.05, 4.69) is 9.97 Å². The van der Waals surface area contributed by atoms with E-state index >= 15 is 0 Å². The van der Waals surface area contributed by atoms with Gasteiger partial charge < -0.3 is 4.90 Å². The van der Waals surface area contributed by atoms with Crippen LogP contribution in [0.5, 0.6) is 0 Å². The second-order valence-corrected chi connectivity index (χ2v) is 7.07. The van der Waals surface area contributed by atoms with Gasteiger partial charge in [-0.15, -0.1) is 11.3 Å². The van der Waals surface area contributed by atoms with E-state index in [0.29, 0.717) is 5.75 Å². The lowest BCUT2D eigenvalue weighted by molar-refractivity contribution is -0.128. The number of fused-ring (bicyclic) bond motifs is 1. The summed E-state index contributed by atoms with van der Waals surface area (Å²) in [4.78, 5) is 22.8. The number of thioether (sulfide) groups is 1. The van der Waals surface area contributed by atoms with E-state index in [1.165, 1.54) is 11.8 Å². The second kappa shape index (κ2) is 7.10. The zero-order valence-electron chi connectivity index (χ0n) is 13.0. The molecule has 118 valence electrons. The van der Waals surface area contributed by atoms with Crippen molar-refractivity contribution in [3.05, 3.63) is 53.7 Å². The lowest BCUT2D eigenvalue weighted by Crippen LogP contribution is -2.31. The Bertz CT molecular complexity index is 804. The maximum absolute atomic E-state index is 12.5. The topological polar surface area (TPSA) is 46.1 Å². The van der Waals surface area contributed by atoms with Gasteiger partial charge in [0.25, 0.3) is 0 Å². The summed E-state index contributed by atoms with van der Waals surface area (Å²) in [5.41, 5.74) is 2.07. The summed E-state index contributed by atoms with van der Waals surface area (Å²) < 4.78 is 1.05. The van der Waals surface area contributed by atoms with Crippen LogP contribution in [-0.4, -0.2) is 33.6 Å². The van der Waals surface area contributed by atoms with Gasteiger partial charge in [-0.3, -0.25) is 4.79 Å². The molecular formula is C17H17N3OS2. The summed E-state index contributed by atoms with van der Waals surface area (Å²) in [5.74, 6) is 0.465. The van der Waals surface area contributed by atoms with Crippen LogP contribution in [0.4, 0.5) is 0 Å². The maximum atomic E-state index is 12.5. The van der Waals surface area contributed by atoms with Crippen molar-refractivity contribution in [2.45, 2.75) is 18.0 Å². The first-order valence-electron chi connectivity index (χ1n) is 7.28. The highest BCUT2D eigenvalue weighted by molar-refractivity contribution is 8.00. The fourth-order valence-electron chi connectivity index (χ4n) is 2.27. The molecule has 2 heterocycles. The lowest BCUT2D eigenvalue weighted by Gasteiger charge is -2.25. The Hall–Kier alpha value is -1.92. The van der Waals surface area contributed by atoms with E-state index in [4.69, 9.17) is 0 Å². The molecule has 0 N–H and O–H groups in total. The van der Waals surface area contributed by atoms with E-state index in [0.717, 1.165) is 20.8 Å². The molecule has 1 aromatic carbocycles. The smallest absolute Gasteiger partial charge is 0.233 e. The van der Waals surface area contributed by atoms with E-state index in [1.54, 1.807) is 22.6 Å². The number of hydrogen-bond acceptors (Lipinski definition) is 5. The highest BCUT2D eigenvalue weighted by atomic mass is 32.2. The van der Waals surface area contributed by atoms with Crippen LogP contribution in [0.25, 0.3) is 10.2 Å². The van der Waals surface area contributed by atoms with Crippen LogP contribution in [0, 0.1) is 0 Å². The third kappa shape index (κ3) is 3.54. The number of aromatic nitrogens is 2. The predicted octanol–water partition coefficient (Wildman–Crippen LogP) is 4.00. The summed E-state index contributed by atoms with van der Waals surface area (Å²) in [7, 11) is 1.85. The average Bonchev–Trinajstić information content (AvgIpc) is 3.08. The first-order valence-corrected chi connectivity index (χ1v) is 9.15. The molecule has 23 heavy (non-hydrogen) atoms. The summed E-state index contributed by atoms with van der Waals surface area (Å²) >= 11 is 3.08. The van der Waals surface area contributed by atoms with E-state index < -0.39 is 0 Å². The standard InChI is InChI=1S/C17H17N3OS2/c1-12(13-6-4-3-5-7-13)20(2)15(21)10-23-17-16-14(8-9-22-16)18-11-19-17/h3-9,11-12H,10H2,1-2H3. The minimum absolute atomic E-state index is 0.0523. The van der Waals surface area contributed by atoms with Crippen LogP contribution in [0.3, 0.4) is 0 Å². The minimum Gasteiger partial charge on any atom is -0.338 e. The molecule has 1 unspecified atom stereocenters. The van der Waals surface area contributed by atoms with Crippen molar-refractivity contribution in [1.29, 1.82) is 0 Å². The number of hydrogen-bond donors (Lipinski definition) is 0. The molecule has 0 radical (unpaired) electrons. The van der Waals surface area contributed by atoms with Crippen LogP contribution in [0.2, 0.25) is 0 Å². The van der Waals surface area contributed by atoms with Crippen LogP contribution >= 0.6 is 23.1 Å². The van der Waals surface area contributed by atoms with Gasteiger partial charge in [0.15, 0.2) is 0 Å². The Morgan fingerprint density at radius 1 is 1.26 bits per heavy atom. The molecule has 0 bridgehead atoms. The Balaban J connectivity index is 1.66. The van der Waals surface area contributed by atoms with Crippen molar-refractivity contribution in [2.24, 2.45) is 0 Å². The zero-order valence-corrected chi connectivity index (χ0v) is 14.6. The molecule has 0 saturated carbocycles. The fourth-order valence-corrected chi connectivity index (χ4v) is 4.14. The van der Waals surface area contributed by atoms with E-state index in [-0.39, 0.29) is 11.9 Å². The van der Waals surface area contributed by atoms with E-state index in [1.807, 2.05) is 55.7 Å². The second-order valence-electron chi connectivity index (χ2n) is 5.19. The molecule has 6 heteroatoms. The van der Waals surface area contributed by atoms with Crippen molar-refractivity contribution in [3.63, 3.8) is 0 Å². The van der Waals surface area contributed by atoms with Crippen molar-refractivity contribution >= 4 is 39.2 Å². The van der Waals surface area contributed by atoms with Crippen LogP contribution in [-0.2, 0) is 4.79 Å². The number of thiophene rings is 1. The Morgan fingerprint density at radius 2 is 2.04 bits per heavy atom. The first-order chi connectivity index (χ1) is 11.2. The van der Waals surface area contributed by atoms with Gasteiger partial charge in [-0.1, -0.05) is 42.1 Å². The number of nitrogens with zero attached hydrogens (tertiary/aromatic N) is 3.